The molecule has 0 radical (unpaired) electrons. The number of carbonyl (C=O) groups is 1. The maximum absolute atomic E-state index is 12.3. The molecule has 1 aliphatic rings. The number of nitrogens with two attached hydrogens (primary N) is 1. The van der Waals surface area contributed by atoms with Crippen molar-refractivity contribution in [3.63, 3.8) is 0 Å². The Hall–Kier alpha value is -1.52. The third-order valence-corrected chi connectivity index (χ3v) is 3.28. The van der Waals surface area contributed by atoms with Crippen LogP contribution in [0.15, 0.2) is 0 Å². The van der Waals surface area contributed by atoms with Gasteiger partial charge in [0, 0.05) is 19.6 Å². The molecule has 1 amide bonds. The normalized spacial score (nSPS) is 20.4. The maximum atomic E-state index is 12.3. The van der Waals surface area contributed by atoms with Crippen LogP contribution in [-0.4, -0.2) is 33.2 Å². The molecule has 1 fully saturated rings. The number of hydrogen-bond donors (Lipinski definition) is 1. The zero-order valence-corrected chi connectivity index (χ0v) is 10.0. The molecule has 0 saturated carbocycles. The first-order valence-corrected chi connectivity index (χ1v) is 5.62. The molecule has 88 valence electrons. The zero-order valence-electron chi connectivity index (χ0n) is 10.0. The van der Waals surface area contributed by atoms with E-state index in [0.717, 1.165) is 25.1 Å². The van der Waals surface area contributed by atoms with Gasteiger partial charge in [0.05, 0.1) is 11.4 Å². The van der Waals surface area contributed by atoms with Gasteiger partial charge in [-0.3, -0.25) is 9.48 Å². The lowest BCUT2D eigenvalue weighted by atomic mass is 10.2. The van der Waals surface area contributed by atoms with E-state index in [1.54, 1.807) is 11.7 Å². The summed E-state index contributed by atoms with van der Waals surface area (Å²) in [6, 6.07) is 0.308. The van der Waals surface area contributed by atoms with E-state index in [9.17, 15) is 4.79 Å². The average molecular weight is 222 g/mol. The highest BCUT2D eigenvalue weighted by molar-refractivity contribution is 5.98. The van der Waals surface area contributed by atoms with Crippen LogP contribution >= 0.6 is 0 Å². The van der Waals surface area contributed by atoms with Crippen molar-refractivity contribution < 1.29 is 4.79 Å². The van der Waals surface area contributed by atoms with E-state index >= 15 is 0 Å². The number of nitrogens with zero attached hydrogens (tertiary/aromatic N) is 3. The van der Waals surface area contributed by atoms with Gasteiger partial charge in [0.15, 0.2) is 0 Å². The van der Waals surface area contributed by atoms with Crippen LogP contribution in [0.25, 0.3) is 0 Å². The smallest absolute Gasteiger partial charge is 0.274 e. The molecular formula is C11H18N4O. The molecule has 0 aliphatic carbocycles. The van der Waals surface area contributed by atoms with Crippen LogP contribution in [0.4, 0.5) is 5.69 Å². The number of amides is 1. The van der Waals surface area contributed by atoms with Crippen molar-refractivity contribution in [2.45, 2.75) is 32.7 Å². The van der Waals surface area contributed by atoms with Crippen molar-refractivity contribution in [2.24, 2.45) is 7.05 Å². The van der Waals surface area contributed by atoms with E-state index in [-0.39, 0.29) is 5.91 Å². The maximum Gasteiger partial charge on any atom is 0.274 e. The van der Waals surface area contributed by atoms with Crippen molar-refractivity contribution >= 4 is 11.6 Å². The summed E-state index contributed by atoms with van der Waals surface area (Å²) >= 11 is 0. The summed E-state index contributed by atoms with van der Waals surface area (Å²) in [5.74, 6) is 0.00519. The van der Waals surface area contributed by atoms with E-state index in [1.807, 2.05) is 11.8 Å². The molecule has 1 aliphatic heterocycles. The van der Waals surface area contributed by atoms with Crippen LogP contribution in [0.3, 0.4) is 0 Å². The third-order valence-electron chi connectivity index (χ3n) is 3.28. The monoisotopic (exact) mass is 222 g/mol. The number of aromatic nitrogens is 2. The third kappa shape index (κ3) is 1.56. The lowest BCUT2D eigenvalue weighted by molar-refractivity contribution is 0.0737. The van der Waals surface area contributed by atoms with Crippen LogP contribution in [0, 0.1) is 6.92 Å². The highest BCUT2D eigenvalue weighted by Gasteiger charge is 2.29. The fraction of sp³-hybridized carbons (Fsp3) is 0.636. The number of rotatable bonds is 1. The number of anilines is 1. The SMILES string of the molecule is Cc1nn(C)c(C(=O)N2CCCC2C)c1N. The molecule has 1 saturated heterocycles. The average Bonchev–Trinajstić information content (AvgIpc) is 2.73. The van der Waals surface area contributed by atoms with Crippen LogP contribution in [0.2, 0.25) is 0 Å². The molecule has 1 aromatic rings. The number of likely N-dealkylation sites (tertiary alicyclic amines) is 1. The van der Waals surface area contributed by atoms with Crippen molar-refractivity contribution in [3.05, 3.63) is 11.4 Å². The topological polar surface area (TPSA) is 64.2 Å². The van der Waals surface area contributed by atoms with Gasteiger partial charge in [0.25, 0.3) is 5.91 Å². The van der Waals surface area contributed by atoms with Crippen molar-refractivity contribution in [1.82, 2.24) is 14.7 Å². The van der Waals surface area contributed by atoms with Crippen molar-refractivity contribution in [1.29, 1.82) is 0 Å². The Morgan fingerprint density at radius 2 is 2.25 bits per heavy atom. The molecular weight excluding hydrogens is 204 g/mol. The van der Waals surface area contributed by atoms with E-state index in [4.69, 9.17) is 5.73 Å². The molecule has 0 aromatic carbocycles. The fourth-order valence-electron chi connectivity index (χ4n) is 2.30. The van der Waals surface area contributed by atoms with Crippen LogP contribution < -0.4 is 5.73 Å². The van der Waals surface area contributed by atoms with Gasteiger partial charge in [-0.05, 0) is 26.7 Å². The Bertz CT molecular complexity index is 424. The Morgan fingerprint density at radius 1 is 1.56 bits per heavy atom. The minimum atomic E-state index is 0.00519. The fourth-order valence-corrected chi connectivity index (χ4v) is 2.30. The van der Waals surface area contributed by atoms with Crippen molar-refractivity contribution in [3.8, 4) is 0 Å². The lowest BCUT2D eigenvalue weighted by Gasteiger charge is -2.21. The van der Waals surface area contributed by atoms with Gasteiger partial charge in [-0.1, -0.05) is 0 Å². The molecule has 0 bridgehead atoms. The molecule has 0 spiro atoms. The van der Waals surface area contributed by atoms with Gasteiger partial charge < -0.3 is 10.6 Å². The summed E-state index contributed by atoms with van der Waals surface area (Å²) in [5.41, 5.74) is 7.63. The molecule has 1 aromatic heterocycles. The summed E-state index contributed by atoms with van der Waals surface area (Å²) < 4.78 is 1.58. The Balaban J connectivity index is 2.33. The standard InChI is InChI=1S/C11H18N4O/c1-7-5-4-6-15(7)11(16)10-9(12)8(2)13-14(10)3/h7H,4-6,12H2,1-3H3. The summed E-state index contributed by atoms with van der Waals surface area (Å²) in [5, 5.41) is 4.17. The van der Waals surface area contributed by atoms with Crippen LogP contribution in [0.5, 0.6) is 0 Å². The van der Waals surface area contributed by atoms with Crippen molar-refractivity contribution in [2.75, 3.05) is 12.3 Å². The minimum Gasteiger partial charge on any atom is -0.395 e. The number of aryl methyl sites for hydroxylation is 2. The largest absolute Gasteiger partial charge is 0.395 e. The molecule has 5 heteroatoms. The second kappa shape index (κ2) is 3.81. The van der Waals surface area contributed by atoms with E-state index in [2.05, 4.69) is 12.0 Å². The first kappa shape index (κ1) is 11.0. The summed E-state index contributed by atoms with van der Waals surface area (Å²) in [4.78, 5) is 14.2. The van der Waals surface area contributed by atoms with E-state index in [1.165, 1.54) is 0 Å². The molecule has 2 heterocycles. The molecule has 2 rings (SSSR count). The van der Waals surface area contributed by atoms with Gasteiger partial charge in [0.2, 0.25) is 0 Å². The highest BCUT2D eigenvalue weighted by Crippen LogP contribution is 2.23. The lowest BCUT2D eigenvalue weighted by Crippen LogP contribution is -2.35. The summed E-state index contributed by atoms with van der Waals surface area (Å²) in [6.07, 6.45) is 2.14. The van der Waals surface area contributed by atoms with Gasteiger partial charge in [-0.15, -0.1) is 0 Å². The van der Waals surface area contributed by atoms with Gasteiger partial charge in [-0.2, -0.15) is 5.10 Å². The first-order valence-electron chi connectivity index (χ1n) is 5.62. The number of hydrogen-bond acceptors (Lipinski definition) is 3. The van der Waals surface area contributed by atoms with Crippen LogP contribution in [-0.2, 0) is 7.05 Å². The van der Waals surface area contributed by atoms with E-state index < -0.39 is 0 Å². The van der Waals surface area contributed by atoms with E-state index in [0.29, 0.717) is 17.4 Å². The van der Waals surface area contributed by atoms with Gasteiger partial charge in [-0.25, -0.2) is 0 Å². The second-order valence-electron chi connectivity index (χ2n) is 4.46. The highest BCUT2D eigenvalue weighted by atomic mass is 16.2. The van der Waals surface area contributed by atoms with Gasteiger partial charge in [0.1, 0.15) is 5.69 Å². The predicted molar refractivity (Wildman–Crippen MR) is 62.1 cm³/mol. The predicted octanol–water partition coefficient (Wildman–Crippen LogP) is 0.935. The molecule has 5 nitrogen and oxygen atoms in total. The number of carbonyl (C=O) groups excluding carboxylic acids is 1. The Morgan fingerprint density at radius 3 is 2.69 bits per heavy atom. The zero-order chi connectivity index (χ0) is 11.9. The quantitative estimate of drug-likeness (QED) is 0.769. The molecule has 2 N–H and O–H groups in total. The Labute approximate surface area is 95.2 Å². The summed E-state index contributed by atoms with van der Waals surface area (Å²) in [7, 11) is 1.76. The Kier molecular flexibility index (Phi) is 2.61. The molecule has 1 atom stereocenters. The minimum absolute atomic E-state index is 0.00519. The second-order valence-corrected chi connectivity index (χ2v) is 4.46. The summed E-state index contributed by atoms with van der Waals surface area (Å²) in [6.45, 7) is 4.72. The van der Waals surface area contributed by atoms with Gasteiger partial charge >= 0.3 is 0 Å². The molecule has 16 heavy (non-hydrogen) atoms. The van der Waals surface area contributed by atoms with Crippen LogP contribution in [0.1, 0.15) is 35.9 Å². The molecule has 1 unspecified atom stereocenters. The number of nitrogen functional groups attached to an aromatic ring is 1. The first-order chi connectivity index (χ1) is 7.52.